The van der Waals surface area contributed by atoms with Gasteiger partial charge in [-0.1, -0.05) is 11.6 Å². The Morgan fingerprint density at radius 2 is 2.03 bits per heavy atom. The number of alkyl halides is 1. The Labute approximate surface area is 173 Å². The molecular weight excluding hydrogens is 433 g/mol. The molecule has 0 amide bonds. The number of carboxylic acids is 1. The fourth-order valence-electron chi connectivity index (χ4n) is 2.16. The summed E-state index contributed by atoms with van der Waals surface area (Å²) in [5, 5.41) is 20.3. The van der Waals surface area contributed by atoms with Crippen molar-refractivity contribution in [3.05, 3.63) is 47.4 Å². The average Bonchev–Trinajstić information content (AvgIpc) is 3.12. The molecule has 1 aromatic carbocycles. The maximum atomic E-state index is 13.7. The summed E-state index contributed by atoms with van der Waals surface area (Å²) in [6, 6.07) is 6.03. The van der Waals surface area contributed by atoms with E-state index >= 15 is 0 Å². The van der Waals surface area contributed by atoms with Crippen LogP contribution in [0.5, 0.6) is 11.6 Å². The third-order valence-corrected chi connectivity index (χ3v) is 3.75. The van der Waals surface area contributed by atoms with Crippen LogP contribution in [0, 0.1) is 5.82 Å². The van der Waals surface area contributed by atoms with Gasteiger partial charge in [0.05, 0.1) is 17.6 Å². The van der Waals surface area contributed by atoms with E-state index in [1.165, 1.54) is 6.20 Å². The van der Waals surface area contributed by atoms with Gasteiger partial charge in [0.25, 0.3) is 5.88 Å². The number of hydrogen-bond donors (Lipinski definition) is 2. The van der Waals surface area contributed by atoms with Gasteiger partial charge in [0.15, 0.2) is 5.82 Å². The minimum Gasteiger partial charge on any atom is -0.479 e. The molecule has 0 fully saturated rings. The number of tetrazole rings is 1. The fraction of sp³-hybridized carbons (Fsp3) is 0.188. The number of halogens is 4. The molecule has 2 atom stereocenters. The summed E-state index contributed by atoms with van der Waals surface area (Å²) in [5.41, 5.74) is 6.01. The van der Waals surface area contributed by atoms with Crippen molar-refractivity contribution in [1.82, 2.24) is 25.2 Å². The highest BCUT2D eigenvalue weighted by Gasteiger charge is 2.25. The number of aliphatic carboxylic acids is 1. The van der Waals surface area contributed by atoms with Crippen molar-refractivity contribution in [3.8, 4) is 23.0 Å². The number of nitrogens with zero attached hydrogens (tertiary/aromatic N) is 5. The van der Waals surface area contributed by atoms with Gasteiger partial charge in [-0.15, -0.1) is 22.6 Å². The molecule has 0 radical (unpaired) electrons. The summed E-state index contributed by atoms with van der Waals surface area (Å²) in [4.78, 5) is 15.4. The van der Waals surface area contributed by atoms with Crippen molar-refractivity contribution >= 4 is 30.0 Å². The van der Waals surface area contributed by atoms with Crippen LogP contribution in [0.4, 0.5) is 8.78 Å². The number of benzene rings is 1. The molecule has 2 unspecified atom stereocenters. The number of ether oxygens (including phenoxy) is 1. The van der Waals surface area contributed by atoms with Crippen molar-refractivity contribution in [3.63, 3.8) is 0 Å². The number of aromatic nitrogens is 5. The maximum absolute atomic E-state index is 13.7. The van der Waals surface area contributed by atoms with Gasteiger partial charge in [-0.25, -0.2) is 18.6 Å². The lowest BCUT2D eigenvalue weighted by Gasteiger charge is -2.11. The largest absolute Gasteiger partial charge is 0.479 e. The normalized spacial score (nSPS) is 12.7. The van der Waals surface area contributed by atoms with Crippen LogP contribution in [0.2, 0.25) is 5.02 Å². The first kappa shape index (κ1) is 22.4. The van der Waals surface area contributed by atoms with Gasteiger partial charge in [-0.2, -0.15) is 4.80 Å². The zero-order valence-electron chi connectivity index (χ0n) is 14.4. The van der Waals surface area contributed by atoms with Gasteiger partial charge in [-0.05, 0) is 35.5 Å². The predicted octanol–water partition coefficient (Wildman–Crippen LogP) is 2.49. The van der Waals surface area contributed by atoms with Crippen LogP contribution in [-0.2, 0) is 11.3 Å². The number of nitrogens with two attached hydrogens (primary N) is 1. The second-order valence-electron chi connectivity index (χ2n) is 5.64. The highest BCUT2D eigenvalue weighted by Crippen LogP contribution is 2.25. The maximum Gasteiger partial charge on any atom is 0.340 e. The second kappa shape index (κ2) is 9.54. The monoisotopic (exact) mass is 446 g/mol. The van der Waals surface area contributed by atoms with Crippen molar-refractivity contribution in [2.45, 2.75) is 18.8 Å². The molecule has 0 saturated heterocycles. The quantitative estimate of drug-likeness (QED) is 0.565. The van der Waals surface area contributed by atoms with Crippen LogP contribution in [0.25, 0.3) is 11.4 Å². The van der Waals surface area contributed by atoms with E-state index in [0.29, 0.717) is 11.3 Å². The van der Waals surface area contributed by atoms with Gasteiger partial charge in [0, 0.05) is 11.8 Å². The molecule has 0 aliphatic heterocycles. The first-order chi connectivity index (χ1) is 13.3. The second-order valence-corrected chi connectivity index (χ2v) is 6.08. The molecule has 13 heteroatoms. The van der Waals surface area contributed by atoms with Crippen molar-refractivity contribution in [2.75, 3.05) is 0 Å². The van der Waals surface area contributed by atoms with E-state index in [0.717, 1.165) is 10.9 Å². The molecule has 0 aliphatic carbocycles. The van der Waals surface area contributed by atoms with Crippen LogP contribution in [0.15, 0.2) is 36.5 Å². The first-order valence-electron chi connectivity index (χ1n) is 7.83. The molecular formula is C16H14Cl2F2N6O3. The fourth-order valence-corrected chi connectivity index (χ4v) is 2.31. The smallest absolute Gasteiger partial charge is 0.340 e. The summed E-state index contributed by atoms with van der Waals surface area (Å²) in [7, 11) is 0. The number of rotatable bonds is 7. The van der Waals surface area contributed by atoms with Gasteiger partial charge in [0.1, 0.15) is 5.75 Å². The minimum absolute atomic E-state index is 0. The summed E-state index contributed by atoms with van der Waals surface area (Å²) in [5.74, 6) is -2.07. The molecule has 0 saturated carbocycles. The Balaban J connectivity index is 0.00000300. The highest BCUT2D eigenvalue weighted by molar-refractivity contribution is 6.30. The van der Waals surface area contributed by atoms with Gasteiger partial charge in [0.2, 0.25) is 12.0 Å². The lowest BCUT2D eigenvalue weighted by atomic mass is 10.2. The zero-order valence-corrected chi connectivity index (χ0v) is 16.0. The van der Waals surface area contributed by atoms with Gasteiger partial charge in [-0.3, -0.25) is 0 Å². The Hall–Kier alpha value is -2.89. The molecule has 29 heavy (non-hydrogen) atoms. The Morgan fingerprint density at radius 3 is 2.66 bits per heavy atom. The van der Waals surface area contributed by atoms with Crippen molar-refractivity contribution < 1.29 is 23.4 Å². The van der Waals surface area contributed by atoms with Gasteiger partial charge >= 0.3 is 5.97 Å². The standard InChI is InChI=1S/C16H13ClF2N6O3.ClH/c17-9-5-11(18)15(21-6-9)28-10-3-1-8(2-4-10)14-22-24-25(23-14)7-12(20)13(19)16(26)27;/h1-6,12-13H,7,20H2,(H,26,27);1H. The van der Waals surface area contributed by atoms with Crippen LogP contribution in [-0.4, -0.2) is 48.5 Å². The molecule has 0 bridgehead atoms. The SMILES string of the molecule is Cl.NC(Cn1nnc(-c2ccc(Oc3ncc(Cl)cc3F)cc2)n1)C(F)C(=O)O. The third kappa shape index (κ3) is 5.56. The topological polar surface area (TPSA) is 129 Å². The molecule has 2 aromatic heterocycles. The highest BCUT2D eigenvalue weighted by atomic mass is 35.5. The van der Waals surface area contributed by atoms with E-state index in [4.69, 9.17) is 27.2 Å². The average molecular weight is 447 g/mol. The number of carboxylic acid groups (broad SMARTS) is 1. The summed E-state index contributed by atoms with van der Waals surface area (Å²) in [6.07, 6.45) is -0.985. The van der Waals surface area contributed by atoms with E-state index < -0.39 is 24.0 Å². The van der Waals surface area contributed by atoms with E-state index in [1.807, 2.05) is 0 Å². The van der Waals surface area contributed by atoms with Crippen molar-refractivity contribution in [1.29, 1.82) is 0 Å². The molecule has 2 heterocycles. The van der Waals surface area contributed by atoms with Crippen LogP contribution < -0.4 is 10.5 Å². The molecule has 154 valence electrons. The number of hydrogen-bond acceptors (Lipinski definition) is 7. The lowest BCUT2D eigenvalue weighted by Crippen LogP contribution is -2.41. The Bertz CT molecular complexity index is 989. The molecule has 0 aliphatic rings. The summed E-state index contributed by atoms with van der Waals surface area (Å²) >= 11 is 5.64. The minimum atomic E-state index is -2.24. The first-order valence-corrected chi connectivity index (χ1v) is 8.21. The van der Waals surface area contributed by atoms with Crippen molar-refractivity contribution in [2.24, 2.45) is 5.73 Å². The van der Waals surface area contributed by atoms with Gasteiger partial charge < -0.3 is 15.6 Å². The third-order valence-electron chi connectivity index (χ3n) is 3.54. The number of pyridine rings is 1. The Kier molecular flexibility index (Phi) is 7.37. The molecule has 3 aromatic rings. The van der Waals surface area contributed by atoms with E-state index in [9.17, 15) is 13.6 Å². The zero-order chi connectivity index (χ0) is 20.3. The van der Waals surface area contributed by atoms with E-state index in [1.54, 1.807) is 24.3 Å². The molecule has 3 N–H and O–H groups in total. The lowest BCUT2D eigenvalue weighted by molar-refractivity contribution is -0.143. The molecule has 0 spiro atoms. The number of carbonyl (C=O) groups is 1. The summed E-state index contributed by atoms with van der Waals surface area (Å²) < 4.78 is 32.4. The van der Waals surface area contributed by atoms with E-state index in [2.05, 4.69) is 20.4 Å². The predicted molar refractivity (Wildman–Crippen MR) is 100 cm³/mol. The van der Waals surface area contributed by atoms with Crippen LogP contribution in [0.1, 0.15) is 0 Å². The summed E-state index contributed by atoms with van der Waals surface area (Å²) in [6.45, 7) is -0.261. The van der Waals surface area contributed by atoms with Crippen LogP contribution in [0.3, 0.4) is 0 Å². The van der Waals surface area contributed by atoms with Crippen LogP contribution >= 0.6 is 24.0 Å². The molecule has 3 rings (SSSR count). The Morgan fingerprint density at radius 1 is 1.34 bits per heavy atom. The molecule has 9 nitrogen and oxygen atoms in total. The van der Waals surface area contributed by atoms with E-state index in [-0.39, 0.29) is 35.7 Å².